The maximum Gasteiger partial charge on any atom is 0.147 e. The van der Waals surface area contributed by atoms with Crippen LogP contribution in [0, 0.1) is 0 Å². The van der Waals surface area contributed by atoms with Gasteiger partial charge in [0.05, 0.1) is 6.10 Å². The van der Waals surface area contributed by atoms with E-state index in [0.29, 0.717) is 12.9 Å². The average molecular weight is 130 g/mol. The lowest BCUT2D eigenvalue weighted by Crippen LogP contribution is -2.09. The van der Waals surface area contributed by atoms with Crippen LogP contribution < -0.4 is 0 Å². The van der Waals surface area contributed by atoms with Gasteiger partial charge in [0, 0.05) is 6.61 Å². The Morgan fingerprint density at radius 1 is 1.56 bits per heavy atom. The molecule has 1 atom stereocenters. The third-order valence-electron chi connectivity index (χ3n) is 1.66. The Morgan fingerprint density at radius 3 is 3.22 bits per heavy atom. The number of ether oxygens (including phenoxy) is 2. The lowest BCUT2D eigenvalue weighted by atomic mass is 10.1. The van der Waals surface area contributed by atoms with Crippen molar-refractivity contribution in [2.75, 3.05) is 13.4 Å². The van der Waals surface area contributed by atoms with Gasteiger partial charge in [-0.1, -0.05) is 6.92 Å². The van der Waals surface area contributed by atoms with Gasteiger partial charge in [0.1, 0.15) is 6.79 Å². The highest BCUT2D eigenvalue weighted by atomic mass is 16.7. The molecule has 0 radical (unpaired) electrons. The van der Waals surface area contributed by atoms with Gasteiger partial charge in [-0.25, -0.2) is 0 Å². The Balaban J connectivity index is 2.18. The van der Waals surface area contributed by atoms with Crippen molar-refractivity contribution >= 4 is 0 Å². The summed E-state index contributed by atoms with van der Waals surface area (Å²) in [4.78, 5) is 0. The van der Waals surface area contributed by atoms with Crippen LogP contribution >= 0.6 is 0 Å². The molecule has 0 N–H and O–H groups in total. The third-order valence-corrected chi connectivity index (χ3v) is 1.66. The molecule has 54 valence electrons. The van der Waals surface area contributed by atoms with Crippen molar-refractivity contribution in [3.8, 4) is 0 Å². The molecule has 0 aromatic rings. The first kappa shape index (κ1) is 7.03. The molecular formula is C7H14O2. The minimum atomic E-state index is 0.451. The largest absolute Gasteiger partial charge is 0.355 e. The standard InChI is InChI=1S/C7H14O2/c1-2-7-4-3-5-8-6-9-7/h7H,2-6H2,1H3. The average Bonchev–Trinajstić information content (AvgIpc) is 2.13. The summed E-state index contributed by atoms with van der Waals surface area (Å²) in [6.45, 7) is 3.52. The van der Waals surface area contributed by atoms with E-state index in [-0.39, 0.29) is 0 Å². The van der Waals surface area contributed by atoms with E-state index in [2.05, 4.69) is 6.92 Å². The van der Waals surface area contributed by atoms with E-state index >= 15 is 0 Å². The molecule has 1 saturated heterocycles. The number of hydrogen-bond donors (Lipinski definition) is 0. The summed E-state index contributed by atoms with van der Waals surface area (Å²) in [7, 11) is 0. The van der Waals surface area contributed by atoms with Gasteiger partial charge in [-0.15, -0.1) is 0 Å². The van der Waals surface area contributed by atoms with E-state index in [4.69, 9.17) is 9.47 Å². The molecule has 0 aromatic carbocycles. The van der Waals surface area contributed by atoms with Crippen molar-refractivity contribution in [2.45, 2.75) is 32.3 Å². The van der Waals surface area contributed by atoms with Gasteiger partial charge in [-0.2, -0.15) is 0 Å². The second kappa shape index (κ2) is 3.85. The maximum atomic E-state index is 5.33. The lowest BCUT2D eigenvalue weighted by molar-refractivity contribution is -0.0677. The van der Waals surface area contributed by atoms with Gasteiger partial charge in [-0.3, -0.25) is 0 Å². The smallest absolute Gasteiger partial charge is 0.147 e. The summed E-state index contributed by atoms with van der Waals surface area (Å²) in [5, 5.41) is 0. The van der Waals surface area contributed by atoms with E-state index < -0.39 is 0 Å². The summed E-state index contributed by atoms with van der Waals surface area (Å²) in [6, 6.07) is 0. The van der Waals surface area contributed by atoms with Gasteiger partial charge in [0.25, 0.3) is 0 Å². The van der Waals surface area contributed by atoms with Crippen LogP contribution in [0.4, 0.5) is 0 Å². The van der Waals surface area contributed by atoms with Crippen LogP contribution in [0.2, 0.25) is 0 Å². The molecule has 0 aliphatic carbocycles. The van der Waals surface area contributed by atoms with Gasteiger partial charge in [-0.05, 0) is 19.3 Å². The zero-order chi connectivity index (χ0) is 6.53. The fraction of sp³-hybridized carbons (Fsp3) is 1.00. The predicted molar refractivity (Wildman–Crippen MR) is 35.2 cm³/mol. The first-order chi connectivity index (χ1) is 4.43. The molecule has 1 heterocycles. The highest BCUT2D eigenvalue weighted by Crippen LogP contribution is 2.09. The minimum absolute atomic E-state index is 0.451. The lowest BCUT2D eigenvalue weighted by Gasteiger charge is -2.09. The summed E-state index contributed by atoms with van der Waals surface area (Å²) >= 11 is 0. The fourth-order valence-electron chi connectivity index (χ4n) is 1.02. The maximum absolute atomic E-state index is 5.33. The molecule has 2 nitrogen and oxygen atoms in total. The SMILES string of the molecule is CCC1CCCOCO1. The van der Waals surface area contributed by atoms with Crippen LogP contribution in [-0.4, -0.2) is 19.5 Å². The van der Waals surface area contributed by atoms with E-state index in [1.54, 1.807) is 0 Å². The Morgan fingerprint density at radius 2 is 2.44 bits per heavy atom. The summed E-state index contributed by atoms with van der Waals surface area (Å²) < 4.78 is 10.4. The van der Waals surface area contributed by atoms with Crippen molar-refractivity contribution < 1.29 is 9.47 Å². The fourth-order valence-corrected chi connectivity index (χ4v) is 1.02. The third kappa shape index (κ3) is 2.33. The molecule has 2 heteroatoms. The Labute approximate surface area is 56.2 Å². The van der Waals surface area contributed by atoms with Gasteiger partial charge < -0.3 is 9.47 Å². The first-order valence-electron chi connectivity index (χ1n) is 3.63. The molecule has 1 aliphatic heterocycles. The molecule has 0 spiro atoms. The molecule has 0 amide bonds. The minimum Gasteiger partial charge on any atom is -0.355 e. The van der Waals surface area contributed by atoms with E-state index in [1.165, 1.54) is 0 Å². The van der Waals surface area contributed by atoms with Crippen LogP contribution in [0.1, 0.15) is 26.2 Å². The topological polar surface area (TPSA) is 18.5 Å². The zero-order valence-electron chi connectivity index (χ0n) is 5.93. The van der Waals surface area contributed by atoms with Crippen molar-refractivity contribution in [1.82, 2.24) is 0 Å². The van der Waals surface area contributed by atoms with Crippen molar-refractivity contribution in [3.63, 3.8) is 0 Å². The van der Waals surface area contributed by atoms with Crippen LogP contribution in [-0.2, 0) is 9.47 Å². The van der Waals surface area contributed by atoms with Gasteiger partial charge >= 0.3 is 0 Å². The highest BCUT2D eigenvalue weighted by Gasteiger charge is 2.08. The molecule has 9 heavy (non-hydrogen) atoms. The number of hydrogen-bond acceptors (Lipinski definition) is 2. The van der Waals surface area contributed by atoms with Crippen LogP contribution in [0.5, 0.6) is 0 Å². The van der Waals surface area contributed by atoms with Crippen molar-refractivity contribution in [1.29, 1.82) is 0 Å². The van der Waals surface area contributed by atoms with Gasteiger partial charge in [0.15, 0.2) is 0 Å². The van der Waals surface area contributed by atoms with E-state index in [0.717, 1.165) is 25.9 Å². The van der Waals surface area contributed by atoms with E-state index in [9.17, 15) is 0 Å². The van der Waals surface area contributed by atoms with Crippen LogP contribution in [0.3, 0.4) is 0 Å². The highest BCUT2D eigenvalue weighted by molar-refractivity contribution is 4.56. The predicted octanol–water partition coefficient (Wildman–Crippen LogP) is 1.55. The molecule has 1 unspecified atom stereocenters. The van der Waals surface area contributed by atoms with Crippen molar-refractivity contribution in [2.24, 2.45) is 0 Å². The molecule has 1 rings (SSSR count). The van der Waals surface area contributed by atoms with Crippen LogP contribution in [0.25, 0.3) is 0 Å². The second-order valence-electron chi connectivity index (χ2n) is 2.37. The van der Waals surface area contributed by atoms with Gasteiger partial charge in [0.2, 0.25) is 0 Å². The monoisotopic (exact) mass is 130 g/mol. The Hall–Kier alpha value is -0.0800. The van der Waals surface area contributed by atoms with Crippen LogP contribution in [0.15, 0.2) is 0 Å². The summed E-state index contributed by atoms with van der Waals surface area (Å²) in [5.74, 6) is 0. The Bertz CT molecular complexity index is 65.3. The molecule has 0 saturated carbocycles. The molecular weight excluding hydrogens is 116 g/mol. The van der Waals surface area contributed by atoms with E-state index in [1.807, 2.05) is 0 Å². The molecule has 1 aliphatic rings. The molecule has 0 aromatic heterocycles. The van der Waals surface area contributed by atoms with Crippen molar-refractivity contribution in [3.05, 3.63) is 0 Å². The summed E-state index contributed by atoms with van der Waals surface area (Å²) in [5.41, 5.74) is 0. The molecule has 1 fully saturated rings. The summed E-state index contributed by atoms with van der Waals surface area (Å²) in [6.07, 6.45) is 3.88. The first-order valence-corrected chi connectivity index (χ1v) is 3.63. The second-order valence-corrected chi connectivity index (χ2v) is 2.37. The normalized spacial score (nSPS) is 29.7. The number of rotatable bonds is 1. The Kier molecular flexibility index (Phi) is 3.01. The quantitative estimate of drug-likeness (QED) is 0.536. The molecule has 0 bridgehead atoms. The zero-order valence-corrected chi connectivity index (χ0v) is 5.93.